The van der Waals surface area contributed by atoms with Gasteiger partial charge >= 0.3 is 12.0 Å². The molecule has 0 aliphatic rings. The zero-order valence-electron chi connectivity index (χ0n) is 11.1. The van der Waals surface area contributed by atoms with E-state index in [0.29, 0.717) is 6.54 Å². The molecule has 1 aromatic heterocycles. The maximum Gasteiger partial charge on any atom is 0.321 e. The number of thiophene rings is 1. The van der Waals surface area contributed by atoms with Gasteiger partial charge in [0.25, 0.3) is 0 Å². The molecule has 7 nitrogen and oxygen atoms in total. The minimum Gasteiger partial charge on any atom is -0.481 e. The molecule has 0 aromatic carbocycles. The van der Waals surface area contributed by atoms with Crippen molar-refractivity contribution in [2.45, 2.75) is 13.0 Å². The number of carboxylic acids is 1. The molecule has 3 N–H and O–H groups in total. The number of imide groups is 1. The van der Waals surface area contributed by atoms with E-state index in [0.717, 1.165) is 4.88 Å². The van der Waals surface area contributed by atoms with E-state index in [9.17, 15) is 14.4 Å². The summed E-state index contributed by atoms with van der Waals surface area (Å²) in [6.07, 6.45) is -0.0473. The van der Waals surface area contributed by atoms with Gasteiger partial charge in [0.1, 0.15) is 0 Å². The van der Waals surface area contributed by atoms with Gasteiger partial charge in [-0.15, -0.1) is 11.3 Å². The molecule has 8 heteroatoms. The van der Waals surface area contributed by atoms with Gasteiger partial charge in [-0.25, -0.2) is 4.79 Å². The van der Waals surface area contributed by atoms with E-state index in [4.69, 9.17) is 5.11 Å². The second kappa shape index (κ2) is 8.28. The Kier molecular flexibility index (Phi) is 6.68. The lowest BCUT2D eigenvalue weighted by Gasteiger charge is -2.14. The lowest BCUT2D eigenvalue weighted by Crippen LogP contribution is -2.43. The number of nitrogens with one attached hydrogen (secondary N) is 2. The van der Waals surface area contributed by atoms with Gasteiger partial charge in [0.05, 0.1) is 19.5 Å². The summed E-state index contributed by atoms with van der Waals surface area (Å²) in [5.74, 6) is -1.40. The Hall–Kier alpha value is -1.93. The Morgan fingerprint density at radius 1 is 1.40 bits per heavy atom. The van der Waals surface area contributed by atoms with Crippen molar-refractivity contribution in [2.24, 2.45) is 0 Å². The van der Waals surface area contributed by atoms with Crippen molar-refractivity contribution in [1.29, 1.82) is 0 Å². The van der Waals surface area contributed by atoms with Crippen molar-refractivity contribution in [2.75, 3.05) is 20.1 Å². The lowest BCUT2D eigenvalue weighted by molar-refractivity contribution is -0.137. The molecule has 0 saturated carbocycles. The summed E-state index contributed by atoms with van der Waals surface area (Å²) in [5.41, 5.74) is 0. The van der Waals surface area contributed by atoms with E-state index in [1.165, 1.54) is 16.2 Å². The normalized spacial score (nSPS) is 10.3. The fourth-order valence-electron chi connectivity index (χ4n) is 1.40. The van der Waals surface area contributed by atoms with Crippen LogP contribution in [0.15, 0.2) is 17.5 Å². The number of urea groups is 1. The number of hydrogen-bond acceptors (Lipinski definition) is 5. The predicted molar refractivity (Wildman–Crippen MR) is 74.4 cm³/mol. The molecular weight excluding hydrogens is 282 g/mol. The number of hydrogen-bond donors (Lipinski definition) is 3. The molecule has 20 heavy (non-hydrogen) atoms. The number of carboxylic acid groups (broad SMARTS) is 1. The summed E-state index contributed by atoms with van der Waals surface area (Å²) in [5, 5.41) is 15.2. The smallest absolute Gasteiger partial charge is 0.321 e. The van der Waals surface area contributed by atoms with E-state index in [1.54, 1.807) is 7.05 Å². The molecule has 0 fully saturated rings. The molecule has 0 atom stereocenters. The van der Waals surface area contributed by atoms with Crippen LogP contribution in [0.4, 0.5) is 4.79 Å². The van der Waals surface area contributed by atoms with Crippen LogP contribution in [-0.2, 0) is 16.1 Å². The van der Waals surface area contributed by atoms with Crippen molar-refractivity contribution in [1.82, 2.24) is 15.5 Å². The van der Waals surface area contributed by atoms with E-state index >= 15 is 0 Å². The Labute approximate surface area is 120 Å². The standard InChI is InChI=1S/C12H17N3O4S/c1-15(5-4-11(17)18)8-10(16)14-12(19)13-7-9-3-2-6-20-9/h2-3,6H,4-5,7-8H2,1H3,(H,17,18)(H2,13,14,16,19). The minimum atomic E-state index is -0.925. The maximum atomic E-state index is 11.5. The third-order valence-electron chi connectivity index (χ3n) is 2.38. The van der Waals surface area contributed by atoms with Crippen molar-refractivity contribution in [3.63, 3.8) is 0 Å². The summed E-state index contributed by atoms with van der Waals surface area (Å²) in [4.78, 5) is 35.9. The molecule has 0 spiro atoms. The number of carbonyl (C=O) groups is 3. The zero-order valence-corrected chi connectivity index (χ0v) is 11.9. The largest absolute Gasteiger partial charge is 0.481 e. The van der Waals surface area contributed by atoms with Crippen molar-refractivity contribution in [3.05, 3.63) is 22.4 Å². The van der Waals surface area contributed by atoms with Crippen LogP contribution in [-0.4, -0.2) is 48.1 Å². The summed E-state index contributed by atoms with van der Waals surface area (Å²) in [7, 11) is 1.62. The van der Waals surface area contributed by atoms with Crippen molar-refractivity contribution >= 4 is 29.2 Å². The van der Waals surface area contributed by atoms with Crippen LogP contribution >= 0.6 is 11.3 Å². The minimum absolute atomic E-state index is 0.0281. The first-order valence-electron chi connectivity index (χ1n) is 5.98. The van der Waals surface area contributed by atoms with E-state index in [1.807, 2.05) is 17.5 Å². The van der Waals surface area contributed by atoms with Gasteiger partial charge in [-0.2, -0.15) is 0 Å². The van der Waals surface area contributed by atoms with Crippen LogP contribution in [0.3, 0.4) is 0 Å². The predicted octanol–water partition coefficient (Wildman–Crippen LogP) is 0.480. The van der Waals surface area contributed by atoms with Crippen molar-refractivity contribution in [3.8, 4) is 0 Å². The molecule has 1 aromatic rings. The molecule has 0 aliphatic carbocycles. The van der Waals surface area contributed by atoms with Gasteiger partial charge in [-0.3, -0.25) is 19.8 Å². The van der Waals surface area contributed by atoms with E-state index < -0.39 is 17.9 Å². The van der Waals surface area contributed by atoms with Crippen molar-refractivity contribution < 1.29 is 19.5 Å². The van der Waals surface area contributed by atoms with Gasteiger partial charge in [0.15, 0.2) is 0 Å². The van der Waals surface area contributed by atoms with Gasteiger partial charge in [0.2, 0.25) is 5.91 Å². The van der Waals surface area contributed by atoms with Gasteiger partial charge in [-0.05, 0) is 18.5 Å². The van der Waals surface area contributed by atoms with Gasteiger partial charge in [-0.1, -0.05) is 6.07 Å². The SMILES string of the molecule is CN(CCC(=O)O)CC(=O)NC(=O)NCc1cccs1. The highest BCUT2D eigenvalue weighted by atomic mass is 32.1. The van der Waals surface area contributed by atoms with Crippen LogP contribution in [0, 0.1) is 0 Å². The summed E-state index contributed by atoms with van der Waals surface area (Å²) in [6, 6.07) is 3.20. The van der Waals surface area contributed by atoms with Crippen LogP contribution in [0.2, 0.25) is 0 Å². The monoisotopic (exact) mass is 299 g/mol. The molecule has 3 amide bonds. The highest BCUT2D eigenvalue weighted by Gasteiger charge is 2.11. The molecule has 110 valence electrons. The molecule has 0 radical (unpaired) electrons. The number of likely N-dealkylation sites (N-methyl/N-ethyl adjacent to an activating group) is 1. The second-order valence-electron chi connectivity index (χ2n) is 4.19. The molecule has 0 saturated heterocycles. The fraction of sp³-hybridized carbons (Fsp3) is 0.417. The van der Waals surface area contributed by atoms with Gasteiger partial charge < -0.3 is 10.4 Å². The summed E-state index contributed by atoms with van der Waals surface area (Å²) < 4.78 is 0. The third kappa shape index (κ3) is 6.86. The van der Waals surface area contributed by atoms with E-state index in [2.05, 4.69) is 10.6 Å². The summed E-state index contributed by atoms with van der Waals surface area (Å²) >= 11 is 1.51. The average Bonchev–Trinajstić information content (AvgIpc) is 2.86. The van der Waals surface area contributed by atoms with Crippen LogP contribution in [0.1, 0.15) is 11.3 Å². The summed E-state index contributed by atoms with van der Waals surface area (Å²) in [6.45, 7) is 0.588. The van der Waals surface area contributed by atoms with E-state index in [-0.39, 0.29) is 19.5 Å². The zero-order chi connectivity index (χ0) is 15.0. The Balaban J connectivity index is 2.20. The molecule has 0 aliphatic heterocycles. The Bertz CT molecular complexity index is 461. The van der Waals surface area contributed by atoms with Crippen LogP contribution in [0.5, 0.6) is 0 Å². The number of amides is 3. The highest BCUT2D eigenvalue weighted by Crippen LogP contribution is 2.06. The Morgan fingerprint density at radius 3 is 2.75 bits per heavy atom. The highest BCUT2D eigenvalue weighted by molar-refractivity contribution is 7.09. The number of nitrogens with zero attached hydrogens (tertiary/aromatic N) is 1. The molecular formula is C12H17N3O4S. The molecule has 0 bridgehead atoms. The third-order valence-corrected chi connectivity index (χ3v) is 3.25. The second-order valence-corrected chi connectivity index (χ2v) is 5.22. The first-order valence-corrected chi connectivity index (χ1v) is 6.85. The van der Waals surface area contributed by atoms with Gasteiger partial charge in [0, 0.05) is 11.4 Å². The quantitative estimate of drug-likeness (QED) is 0.680. The topological polar surface area (TPSA) is 98.7 Å². The molecule has 1 rings (SSSR count). The molecule has 0 unspecified atom stereocenters. The number of aliphatic carboxylic acids is 1. The molecule has 1 heterocycles. The maximum absolute atomic E-state index is 11.5. The lowest BCUT2D eigenvalue weighted by atomic mass is 10.4. The number of carbonyl (C=O) groups excluding carboxylic acids is 2. The fourth-order valence-corrected chi connectivity index (χ4v) is 2.05. The first kappa shape index (κ1) is 16.1. The number of rotatable bonds is 7. The average molecular weight is 299 g/mol. The van der Waals surface area contributed by atoms with Crippen LogP contribution < -0.4 is 10.6 Å². The van der Waals surface area contributed by atoms with Crippen LogP contribution in [0.25, 0.3) is 0 Å². The first-order chi connectivity index (χ1) is 9.47. The Morgan fingerprint density at radius 2 is 2.15 bits per heavy atom.